The minimum absolute atomic E-state index is 0.277. The molecule has 1 aromatic heterocycles. The van der Waals surface area contributed by atoms with Crippen molar-refractivity contribution in [2.75, 3.05) is 6.61 Å². The summed E-state index contributed by atoms with van der Waals surface area (Å²) < 4.78 is 9.95. The van der Waals surface area contributed by atoms with Crippen LogP contribution in [0.5, 0.6) is 0 Å². The number of amides is 1. The predicted octanol–water partition coefficient (Wildman–Crippen LogP) is 0.946. The predicted molar refractivity (Wildman–Crippen MR) is 58.3 cm³/mol. The lowest BCUT2D eigenvalue weighted by atomic mass is 10.2. The number of rotatable bonds is 6. The number of nitrogens with one attached hydrogen (secondary N) is 1. The van der Waals surface area contributed by atoms with Crippen molar-refractivity contribution in [1.82, 2.24) is 5.32 Å². The molecule has 0 aliphatic heterocycles. The number of carboxylic acids is 1. The fraction of sp³-hybridized carbons (Fsp3) is 0.455. The zero-order valence-electron chi connectivity index (χ0n) is 9.67. The molecular weight excluding hydrogens is 226 g/mol. The molecule has 1 heterocycles. The maximum absolute atomic E-state index is 11.4. The van der Waals surface area contributed by atoms with Gasteiger partial charge in [-0.25, -0.2) is 4.79 Å². The fourth-order valence-corrected chi connectivity index (χ4v) is 1.16. The summed E-state index contributed by atoms with van der Waals surface area (Å²) in [4.78, 5) is 21.9. The number of hydrogen-bond acceptors (Lipinski definition) is 4. The monoisotopic (exact) mass is 241 g/mol. The molecule has 0 aliphatic rings. The molecule has 0 saturated heterocycles. The van der Waals surface area contributed by atoms with Crippen LogP contribution in [0.15, 0.2) is 22.8 Å². The first-order valence-corrected chi connectivity index (χ1v) is 5.18. The molecule has 1 rings (SSSR count). The summed E-state index contributed by atoms with van der Waals surface area (Å²) in [5.41, 5.74) is 0. The molecule has 6 nitrogen and oxygen atoms in total. The maximum Gasteiger partial charge on any atom is 0.332 e. The highest BCUT2D eigenvalue weighted by molar-refractivity contribution is 5.78. The minimum Gasteiger partial charge on any atom is -0.479 e. The Morgan fingerprint density at radius 3 is 2.76 bits per heavy atom. The van der Waals surface area contributed by atoms with Crippen LogP contribution >= 0.6 is 0 Å². The highest BCUT2D eigenvalue weighted by Gasteiger charge is 2.15. The Morgan fingerprint density at radius 1 is 1.53 bits per heavy atom. The molecule has 94 valence electrons. The zero-order chi connectivity index (χ0) is 12.8. The molecule has 6 heteroatoms. The van der Waals surface area contributed by atoms with E-state index in [-0.39, 0.29) is 18.6 Å². The molecule has 17 heavy (non-hydrogen) atoms. The molecule has 0 fully saturated rings. The molecule has 1 amide bonds. The standard InChI is InChI=1S/C11H15NO5/c1-7(9-4-3-5-16-9)12-10(13)6-17-8(2)11(14)15/h3-5,7-8H,6H2,1-2H3,(H,12,13)(H,14,15)/t7?,8-/m0/s1. The molecule has 0 aromatic carbocycles. The smallest absolute Gasteiger partial charge is 0.332 e. The van der Waals surface area contributed by atoms with E-state index in [9.17, 15) is 9.59 Å². The quantitative estimate of drug-likeness (QED) is 0.774. The summed E-state index contributed by atoms with van der Waals surface area (Å²) >= 11 is 0. The van der Waals surface area contributed by atoms with E-state index in [0.717, 1.165) is 0 Å². The van der Waals surface area contributed by atoms with Crippen LogP contribution in [0.25, 0.3) is 0 Å². The molecule has 0 saturated carbocycles. The Bertz CT molecular complexity index is 373. The molecule has 0 radical (unpaired) electrons. The highest BCUT2D eigenvalue weighted by Crippen LogP contribution is 2.11. The first-order valence-electron chi connectivity index (χ1n) is 5.18. The number of carbonyl (C=O) groups excluding carboxylic acids is 1. The summed E-state index contributed by atoms with van der Waals surface area (Å²) in [5, 5.41) is 11.2. The number of hydrogen-bond donors (Lipinski definition) is 2. The zero-order valence-corrected chi connectivity index (χ0v) is 9.67. The van der Waals surface area contributed by atoms with Crippen LogP contribution in [0.1, 0.15) is 25.6 Å². The van der Waals surface area contributed by atoms with E-state index in [1.165, 1.54) is 13.2 Å². The number of ether oxygens (including phenoxy) is 1. The first-order chi connectivity index (χ1) is 8.00. The van der Waals surface area contributed by atoms with E-state index >= 15 is 0 Å². The van der Waals surface area contributed by atoms with Gasteiger partial charge < -0.3 is 19.6 Å². The number of carboxylic acid groups (broad SMARTS) is 1. The number of carbonyl (C=O) groups is 2. The molecule has 1 unspecified atom stereocenters. The van der Waals surface area contributed by atoms with Crippen molar-refractivity contribution in [2.24, 2.45) is 0 Å². The Balaban J connectivity index is 2.32. The average molecular weight is 241 g/mol. The van der Waals surface area contributed by atoms with Gasteiger partial charge in [0.2, 0.25) is 5.91 Å². The van der Waals surface area contributed by atoms with Crippen LogP contribution in [0.2, 0.25) is 0 Å². The Labute approximate surface area is 98.6 Å². The van der Waals surface area contributed by atoms with Gasteiger partial charge >= 0.3 is 5.97 Å². The van der Waals surface area contributed by atoms with E-state index in [1.54, 1.807) is 19.1 Å². The second-order valence-electron chi connectivity index (χ2n) is 3.60. The highest BCUT2D eigenvalue weighted by atomic mass is 16.5. The van der Waals surface area contributed by atoms with Crippen LogP contribution in [0.4, 0.5) is 0 Å². The Kier molecular flexibility index (Phi) is 4.71. The van der Waals surface area contributed by atoms with Gasteiger partial charge in [0.15, 0.2) is 6.10 Å². The molecule has 2 atom stereocenters. The summed E-state index contributed by atoms with van der Waals surface area (Å²) in [6.45, 7) is 2.83. The molecule has 2 N–H and O–H groups in total. The van der Waals surface area contributed by atoms with Gasteiger partial charge in [0.25, 0.3) is 0 Å². The van der Waals surface area contributed by atoms with Crippen LogP contribution in [0, 0.1) is 0 Å². The second-order valence-corrected chi connectivity index (χ2v) is 3.60. The van der Waals surface area contributed by atoms with Crippen molar-refractivity contribution in [3.05, 3.63) is 24.2 Å². The van der Waals surface area contributed by atoms with E-state index in [4.69, 9.17) is 14.3 Å². The van der Waals surface area contributed by atoms with Gasteiger partial charge in [-0.1, -0.05) is 0 Å². The van der Waals surface area contributed by atoms with Gasteiger partial charge in [-0.2, -0.15) is 0 Å². The summed E-state index contributed by atoms with van der Waals surface area (Å²) in [6, 6.07) is 3.19. The van der Waals surface area contributed by atoms with Crippen molar-refractivity contribution in [3.8, 4) is 0 Å². The van der Waals surface area contributed by atoms with Crippen LogP contribution in [0.3, 0.4) is 0 Å². The molecule has 0 spiro atoms. The summed E-state index contributed by atoms with van der Waals surface area (Å²) in [5.74, 6) is -0.858. The van der Waals surface area contributed by atoms with E-state index in [0.29, 0.717) is 5.76 Å². The Morgan fingerprint density at radius 2 is 2.24 bits per heavy atom. The topological polar surface area (TPSA) is 88.8 Å². The van der Waals surface area contributed by atoms with E-state index in [2.05, 4.69) is 5.32 Å². The van der Waals surface area contributed by atoms with Gasteiger partial charge in [0.1, 0.15) is 12.4 Å². The lowest BCUT2D eigenvalue weighted by Crippen LogP contribution is -2.32. The molecule has 0 bridgehead atoms. The lowest BCUT2D eigenvalue weighted by Gasteiger charge is -2.12. The summed E-state index contributed by atoms with van der Waals surface area (Å²) in [7, 11) is 0. The average Bonchev–Trinajstić information content (AvgIpc) is 2.78. The van der Waals surface area contributed by atoms with Gasteiger partial charge in [-0.15, -0.1) is 0 Å². The number of furan rings is 1. The third-order valence-corrected chi connectivity index (χ3v) is 2.16. The van der Waals surface area contributed by atoms with Crippen molar-refractivity contribution in [1.29, 1.82) is 0 Å². The Hall–Kier alpha value is -1.82. The van der Waals surface area contributed by atoms with E-state index < -0.39 is 12.1 Å². The fourth-order valence-electron chi connectivity index (χ4n) is 1.16. The third-order valence-electron chi connectivity index (χ3n) is 2.16. The second kappa shape index (κ2) is 6.05. The summed E-state index contributed by atoms with van der Waals surface area (Å²) in [6.07, 6.45) is 0.515. The van der Waals surface area contributed by atoms with Crippen molar-refractivity contribution in [3.63, 3.8) is 0 Å². The maximum atomic E-state index is 11.4. The van der Waals surface area contributed by atoms with Crippen molar-refractivity contribution >= 4 is 11.9 Å². The lowest BCUT2D eigenvalue weighted by molar-refractivity contribution is -0.150. The number of aliphatic carboxylic acids is 1. The van der Waals surface area contributed by atoms with Crippen LogP contribution < -0.4 is 5.32 Å². The minimum atomic E-state index is -1.10. The van der Waals surface area contributed by atoms with Crippen LogP contribution in [-0.2, 0) is 14.3 Å². The third kappa shape index (κ3) is 4.28. The van der Waals surface area contributed by atoms with Gasteiger partial charge in [-0.05, 0) is 26.0 Å². The molecule has 0 aliphatic carbocycles. The van der Waals surface area contributed by atoms with Gasteiger partial charge in [0, 0.05) is 0 Å². The normalized spacial score (nSPS) is 14.0. The first kappa shape index (κ1) is 13.2. The SMILES string of the molecule is CC(NC(=O)CO[C@@H](C)C(=O)O)c1ccco1. The van der Waals surface area contributed by atoms with E-state index in [1.807, 2.05) is 0 Å². The van der Waals surface area contributed by atoms with Crippen LogP contribution in [-0.4, -0.2) is 29.7 Å². The van der Waals surface area contributed by atoms with Gasteiger partial charge in [-0.3, -0.25) is 4.79 Å². The van der Waals surface area contributed by atoms with Crippen molar-refractivity contribution in [2.45, 2.75) is 26.0 Å². The van der Waals surface area contributed by atoms with Crippen molar-refractivity contribution < 1.29 is 23.8 Å². The van der Waals surface area contributed by atoms with Gasteiger partial charge in [0.05, 0.1) is 12.3 Å². The molecule has 1 aromatic rings. The molecular formula is C11H15NO5. The largest absolute Gasteiger partial charge is 0.479 e.